The molecule has 126 valence electrons. The molecular weight excluding hydrogens is 337 g/mol. The summed E-state index contributed by atoms with van der Waals surface area (Å²) in [5.41, 5.74) is -1.75. The summed E-state index contributed by atoms with van der Waals surface area (Å²) < 4.78 is 41.6. The van der Waals surface area contributed by atoms with Crippen molar-refractivity contribution in [3.8, 4) is 5.82 Å². The van der Waals surface area contributed by atoms with Gasteiger partial charge in [0.15, 0.2) is 11.3 Å². The van der Waals surface area contributed by atoms with Crippen molar-refractivity contribution < 1.29 is 13.2 Å². The smallest absolute Gasteiger partial charge is 0.274 e. The lowest BCUT2D eigenvalue weighted by molar-refractivity contribution is -0.141. The number of aryl methyl sites for hydroxylation is 1. The highest BCUT2D eigenvalue weighted by molar-refractivity contribution is 6.03. The standard InChI is InChI=1S/C15H9F3N6O/c1-23-7-9-8-2-3-10(15(16,17)18)21-13(8)24(14(25)12(9)22-23)11-6-19-4-5-20-11/h2-7H,1H3. The van der Waals surface area contributed by atoms with Crippen LogP contribution in [0.1, 0.15) is 5.69 Å². The topological polar surface area (TPSA) is 78.5 Å². The maximum Gasteiger partial charge on any atom is 0.433 e. The number of aromatic nitrogens is 6. The van der Waals surface area contributed by atoms with Crippen LogP contribution in [0.4, 0.5) is 13.2 Å². The van der Waals surface area contributed by atoms with Gasteiger partial charge in [-0.1, -0.05) is 0 Å². The summed E-state index contributed by atoms with van der Waals surface area (Å²) in [6.45, 7) is 0. The Morgan fingerprint density at radius 2 is 1.92 bits per heavy atom. The molecule has 0 saturated heterocycles. The highest BCUT2D eigenvalue weighted by atomic mass is 19.4. The third-order valence-corrected chi connectivity index (χ3v) is 3.68. The summed E-state index contributed by atoms with van der Waals surface area (Å²) in [5, 5.41) is 4.89. The largest absolute Gasteiger partial charge is 0.433 e. The van der Waals surface area contributed by atoms with Crippen LogP contribution in [0, 0.1) is 0 Å². The molecule has 7 nitrogen and oxygen atoms in total. The Morgan fingerprint density at radius 1 is 1.12 bits per heavy atom. The molecule has 0 bridgehead atoms. The number of hydrogen-bond acceptors (Lipinski definition) is 5. The van der Waals surface area contributed by atoms with Gasteiger partial charge in [-0.15, -0.1) is 0 Å². The van der Waals surface area contributed by atoms with Crippen LogP contribution in [0.2, 0.25) is 0 Å². The van der Waals surface area contributed by atoms with Gasteiger partial charge in [0, 0.05) is 36.4 Å². The van der Waals surface area contributed by atoms with Crippen molar-refractivity contribution in [3.63, 3.8) is 0 Å². The molecule has 0 N–H and O–H groups in total. The number of pyridine rings is 2. The molecule has 0 atom stereocenters. The van der Waals surface area contributed by atoms with Crippen molar-refractivity contribution in [1.82, 2.24) is 29.3 Å². The first kappa shape index (κ1) is 15.2. The summed E-state index contributed by atoms with van der Waals surface area (Å²) in [5.74, 6) is 0.0666. The molecule has 0 saturated carbocycles. The molecule has 4 aromatic rings. The maximum absolute atomic E-state index is 13.1. The molecule has 0 aliphatic heterocycles. The molecular formula is C15H9F3N6O. The fourth-order valence-corrected chi connectivity index (χ4v) is 2.65. The molecule has 0 unspecified atom stereocenters. The average Bonchev–Trinajstić information content (AvgIpc) is 2.97. The predicted molar refractivity (Wildman–Crippen MR) is 82.2 cm³/mol. The number of alkyl halides is 3. The first-order chi connectivity index (χ1) is 11.9. The van der Waals surface area contributed by atoms with Crippen LogP contribution in [0.3, 0.4) is 0 Å². The van der Waals surface area contributed by atoms with Gasteiger partial charge in [-0.25, -0.2) is 14.5 Å². The molecule has 0 spiro atoms. The van der Waals surface area contributed by atoms with E-state index in [1.54, 1.807) is 13.2 Å². The van der Waals surface area contributed by atoms with Gasteiger partial charge >= 0.3 is 6.18 Å². The minimum Gasteiger partial charge on any atom is -0.274 e. The summed E-state index contributed by atoms with van der Waals surface area (Å²) in [6, 6.07) is 2.15. The Balaban J connectivity index is 2.22. The molecule has 0 aromatic carbocycles. The van der Waals surface area contributed by atoms with Crippen molar-refractivity contribution >= 4 is 21.9 Å². The molecule has 4 rings (SSSR count). The predicted octanol–water partition coefficient (Wildman–Crippen LogP) is 2.08. The molecule has 0 aliphatic rings. The molecule has 0 radical (unpaired) electrons. The number of halogens is 3. The third kappa shape index (κ3) is 2.33. The minimum atomic E-state index is -4.64. The van der Waals surface area contributed by atoms with E-state index in [0.717, 1.165) is 10.6 Å². The molecule has 10 heteroatoms. The maximum atomic E-state index is 13.1. The summed E-state index contributed by atoms with van der Waals surface area (Å²) in [7, 11) is 1.62. The molecule has 25 heavy (non-hydrogen) atoms. The number of hydrogen-bond donors (Lipinski definition) is 0. The Morgan fingerprint density at radius 3 is 2.60 bits per heavy atom. The van der Waals surface area contributed by atoms with Crippen molar-refractivity contribution in [1.29, 1.82) is 0 Å². The third-order valence-electron chi connectivity index (χ3n) is 3.68. The number of fused-ring (bicyclic) bond motifs is 3. The molecule has 0 aliphatic carbocycles. The second kappa shape index (κ2) is 5.10. The van der Waals surface area contributed by atoms with Crippen LogP contribution < -0.4 is 5.56 Å². The lowest BCUT2D eigenvalue weighted by atomic mass is 10.2. The normalized spacial score (nSPS) is 12.2. The van der Waals surface area contributed by atoms with Crippen LogP contribution in [0.5, 0.6) is 0 Å². The molecule has 0 amide bonds. The molecule has 4 heterocycles. The Labute approximate surface area is 137 Å². The van der Waals surface area contributed by atoms with E-state index >= 15 is 0 Å². The van der Waals surface area contributed by atoms with E-state index in [1.807, 2.05) is 0 Å². The van der Waals surface area contributed by atoms with Crippen LogP contribution in [-0.2, 0) is 13.2 Å². The molecule has 0 fully saturated rings. The lowest BCUT2D eigenvalue weighted by Gasteiger charge is -2.11. The van der Waals surface area contributed by atoms with Crippen molar-refractivity contribution in [2.24, 2.45) is 7.05 Å². The first-order valence-corrected chi connectivity index (χ1v) is 7.09. The van der Waals surface area contributed by atoms with E-state index in [9.17, 15) is 18.0 Å². The SMILES string of the molecule is Cn1cc2c(n1)c(=O)n(-c1cnccn1)c1nc(C(F)(F)F)ccc21. The van der Waals surface area contributed by atoms with Crippen LogP contribution in [-0.4, -0.2) is 29.3 Å². The van der Waals surface area contributed by atoms with E-state index in [-0.39, 0.29) is 17.0 Å². The highest BCUT2D eigenvalue weighted by Crippen LogP contribution is 2.30. The van der Waals surface area contributed by atoms with E-state index in [0.29, 0.717) is 10.8 Å². The highest BCUT2D eigenvalue weighted by Gasteiger charge is 2.33. The van der Waals surface area contributed by atoms with Crippen molar-refractivity contribution in [2.45, 2.75) is 6.18 Å². The zero-order valence-corrected chi connectivity index (χ0v) is 12.7. The van der Waals surface area contributed by atoms with Gasteiger partial charge in [0.25, 0.3) is 5.56 Å². The zero-order chi connectivity index (χ0) is 17.8. The van der Waals surface area contributed by atoms with Gasteiger partial charge in [-0.2, -0.15) is 18.3 Å². The van der Waals surface area contributed by atoms with Crippen molar-refractivity contribution in [2.75, 3.05) is 0 Å². The number of rotatable bonds is 1. The summed E-state index contributed by atoms with van der Waals surface area (Å²) in [4.78, 5) is 24.4. The summed E-state index contributed by atoms with van der Waals surface area (Å²) in [6.07, 6.45) is 0.933. The van der Waals surface area contributed by atoms with Gasteiger partial charge < -0.3 is 0 Å². The monoisotopic (exact) mass is 346 g/mol. The second-order valence-corrected chi connectivity index (χ2v) is 5.33. The fraction of sp³-hybridized carbons (Fsp3) is 0.133. The average molecular weight is 346 g/mol. The van der Waals surface area contributed by atoms with Gasteiger partial charge in [0.05, 0.1) is 6.20 Å². The second-order valence-electron chi connectivity index (χ2n) is 5.33. The van der Waals surface area contributed by atoms with Crippen LogP contribution in [0.15, 0.2) is 41.7 Å². The van der Waals surface area contributed by atoms with Gasteiger partial charge in [-0.3, -0.25) is 14.5 Å². The fourth-order valence-electron chi connectivity index (χ4n) is 2.65. The van der Waals surface area contributed by atoms with Crippen LogP contribution >= 0.6 is 0 Å². The van der Waals surface area contributed by atoms with Crippen LogP contribution in [0.25, 0.3) is 27.8 Å². The number of nitrogens with zero attached hydrogens (tertiary/aromatic N) is 6. The Bertz CT molecular complexity index is 1160. The van der Waals surface area contributed by atoms with E-state index in [4.69, 9.17) is 0 Å². The van der Waals surface area contributed by atoms with Crippen molar-refractivity contribution in [3.05, 3.63) is 53.0 Å². The Kier molecular flexibility index (Phi) is 3.11. The minimum absolute atomic E-state index is 0.0666. The van der Waals surface area contributed by atoms with Gasteiger partial charge in [-0.05, 0) is 12.1 Å². The van der Waals surface area contributed by atoms with E-state index in [1.165, 1.54) is 29.3 Å². The first-order valence-electron chi connectivity index (χ1n) is 7.09. The lowest BCUT2D eigenvalue weighted by Crippen LogP contribution is -2.22. The molecule has 4 aromatic heterocycles. The van der Waals surface area contributed by atoms with Gasteiger partial charge in [0.2, 0.25) is 0 Å². The van der Waals surface area contributed by atoms with Gasteiger partial charge in [0.1, 0.15) is 11.3 Å². The van der Waals surface area contributed by atoms with E-state index < -0.39 is 17.4 Å². The Hall–Kier alpha value is -3.30. The van der Waals surface area contributed by atoms with E-state index in [2.05, 4.69) is 20.1 Å². The quantitative estimate of drug-likeness (QED) is 0.527. The zero-order valence-electron chi connectivity index (χ0n) is 12.7. The summed E-state index contributed by atoms with van der Waals surface area (Å²) >= 11 is 0.